The van der Waals surface area contributed by atoms with Gasteiger partial charge in [-0.15, -0.1) is 0 Å². The van der Waals surface area contributed by atoms with Gasteiger partial charge in [0.15, 0.2) is 0 Å². The third-order valence-corrected chi connectivity index (χ3v) is 4.15. The fraction of sp³-hybridized carbons (Fsp3) is 0.769. The van der Waals surface area contributed by atoms with E-state index >= 15 is 0 Å². The molecule has 1 aliphatic rings. The Morgan fingerprint density at radius 1 is 1.50 bits per heavy atom. The highest BCUT2D eigenvalue weighted by molar-refractivity contribution is 8.13. The largest absolute Gasteiger partial charge is 0.467 e. The summed E-state index contributed by atoms with van der Waals surface area (Å²) in [6, 6.07) is 0. The number of ether oxygens (including phenoxy) is 1. The first-order valence-electron chi connectivity index (χ1n) is 6.74. The van der Waals surface area contributed by atoms with Crippen LogP contribution in [0, 0.1) is 0 Å². The van der Waals surface area contributed by atoms with Crippen LogP contribution in [0.25, 0.3) is 0 Å². The molecule has 1 atom stereocenters. The lowest BCUT2D eigenvalue weighted by Gasteiger charge is -2.28. The zero-order valence-electron chi connectivity index (χ0n) is 12.2. The van der Waals surface area contributed by atoms with Crippen molar-refractivity contribution in [1.29, 1.82) is 0 Å². The van der Waals surface area contributed by atoms with Crippen LogP contribution in [-0.2, 0) is 14.3 Å². The van der Waals surface area contributed by atoms with E-state index in [1.165, 1.54) is 18.9 Å². The summed E-state index contributed by atoms with van der Waals surface area (Å²) >= 11 is 1.27. The van der Waals surface area contributed by atoms with Crippen LogP contribution in [0.3, 0.4) is 0 Å². The van der Waals surface area contributed by atoms with Gasteiger partial charge in [0.05, 0.1) is 7.11 Å². The predicted molar refractivity (Wildman–Crippen MR) is 77.5 cm³/mol. The molecule has 0 spiro atoms. The van der Waals surface area contributed by atoms with Crippen LogP contribution in [0.4, 0.5) is 4.79 Å². The summed E-state index contributed by atoms with van der Waals surface area (Å²) in [5.41, 5.74) is -0.996. The molecule has 1 heterocycles. The minimum atomic E-state index is -0.996. The first-order chi connectivity index (χ1) is 9.42. The van der Waals surface area contributed by atoms with Crippen molar-refractivity contribution in [1.82, 2.24) is 10.2 Å². The highest BCUT2D eigenvalue weighted by atomic mass is 32.2. The average Bonchev–Trinajstić information content (AvgIpc) is 2.81. The lowest BCUT2D eigenvalue weighted by Crippen LogP contribution is -2.53. The zero-order chi connectivity index (χ0) is 15.2. The van der Waals surface area contributed by atoms with Crippen LogP contribution in [0.5, 0.6) is 0 Å². The maximum Gasteiger partial charge on any atom is 0.331 e. The number of hydrogen-bond acceptors (Lipinski definition) is 5. The van der Waals surface area contributed by atoms with Crippen LogP contribution in [-0.4, -0.2) is 53.5 Å². The van der Waals surface area contributed by atoms with Gasteiger partial charge in [0, 0.05) is 25.3 Å². The topological polar surface area (TPSA) is 75.7 Å². The van der Waals surface area contributed by atoms with Crippen LogP contribution in [0.15, 0.2) is 0 Å². The van der Waals surface area contributed by atoms with E-state index in [-0.39, 0.29) is 17.6 Å². The first kappa shape index (κ1) is 16.8. The number of esters is 1. The normalized spacial score (nSPS) is 17.8. The molecule has 20 heavy (non-hydrogen) atoms. The molecule has 0 aliphatic carbocycles. The van der Waals surface area contributed by atoms with Crippen LogP contribution in [0.1, 0.15) is 33.1 Å². The van der Waals surface area contributed by atoms with Crippen molar-refractivity contribution in [3.8, 4) is 0 Å². The Morgan fingerprint density at radius 2 is 2.20 bits per heavy atom. The fourth-order valence-corrected chi connectivity index (χ4v) is 3.03. The molecule has 1 rings (SSSR count). The van der Waals surface area contributed by atoms with Crippen LogP contribution < -0.4 is 5.32 Å². The van der Waals surface area contributed by atoms with E-state index in [9.17, 15) is 14.4 Å². The Balaban J connectivity index is 2.49. The minimum absolute atomic E-state index is 0.0158. The van der Waals surface area contributed by atoms with E-state index in [4.69, 9.17) is 4.74 Å². The number of rotatable bonds is 7. The molecular weight excluding hydrogens is 280 g/mol. The summed E-state index contributed by atoms with van der Waals surface area (Å²) in [6.45, 7) is 4.67. The minimum Gasteiger partial charge on any atom is -0.467 e. The number of thioether (sulfide) groups is 1. The number of carbonyl (C=O) groups is 3. The van der Waals surface area contributed by atoms with E-state index in [1.807, 2.05) is 6.92 Å². The van der Waals surface area contributed by atoms with Crippen LogP contribution in [0.2, 0.25) is 0 Å². The Labute approximate surface area is 123 Å². The van der Waals surface area contributed by atoms with Gasteiger partial charge in [0.25, 0.3) is 5.24 Å². The number of nitrogens with one attached hydrogen (secondary N) is 1. The van der Waals surface area contributed by atoms with Crippen molar-refractivity contribution in [2.45, 2.75) is 38.6 Å². The second-order valence-corrected chi connectivity index (χ2v) is 6.02. The second kappa shape index (κ2) is 7.52. The molecular formula is C13H22N2O4S. The predicted octanol–water partition coefficient (Wildman–Crippen LogP) is 1.39. The highest BCUT2D eigenvalue weighted by Gasteiger charge is 2.35. The number of methoxy groups -OCH3 is 1. The Bertz CT molecular complexity index is 389. The lowest BCUT2D eigenvalue weighted by molar-refractivity contribution is -0.150. The summed E-state index contributed by atoms with van der Waals surface area (Å²) in [5.74, 6) is 0.0902. The van der Waals surface area contributed by atoms with Gasteiger partial charge in [0.2, 0.25) is 5.91 Å². The van der Waals surface area contributed by atoms with Crippen molar-refractivity contribution < 1.29 is 19.1 Å². The van der Waals surface area contributed by atoms with Gasteiger partial charge >= 0.3 is 5.97 Å². The van der Waals surface area contributed by atoms with E-state index in [0.29, 0.717) is 19.5 Å². The molecule has 114 valence electrons. The van der Waals surface area contributed by atoms with Gasteiger partial charge in [0.1, 0.15) is 5.54 Å². The molecule has 0 aromatic carbocycles. The van der Waals surface area contributed by atoms with Crippen molar-refractivity contribution in [3.63, 3.8) is 0 Å². The van der Waals surface area contributed by atoms with Crippen molar-refractivity contribution in [3.05, 3.63) is 0 Å². The molecule has 0 aromatic rings. The van der Waals surface area contributed by atoms with Gasteiger partial charge < -0.3 is 15.0 Å². The Kier molecular flexibility index (Phi) is 6.32. The van der Waals surface area contributed by atoms with E-state index in [2.05, 4.69) is 5.32 Å². The molecule has 1 saturated heterocycles. The maximum atomic E-state index is 12.0. The first-order valence-corrected chi connectivity index (χ1v) is 7.72. The van der Waals surface area contributed by atoms with E-state index in [1.54, 1.807) is 11.8 Å². The molecule has 1 unspecified atom stereocenters. The smallest absolute Gasteiger partial charge is 0.331 e. The van der Waals surface area contributed by atoms with E-state index < -0.39 is 11.5 Å². The van der Waals surface area contributed by atoms with Gasteiger partial charge in [-0.25, -0.2) is 4.79 Å². The molecule has 0 bridgehead atoms. The molecule has 7 heteroatoms. The molecule has 0 aromatic heterocycles. The van der Waals surface area contributed by atoms with Gasteiger partial charge in [-0.2, -0.15) is 0 Å². The summed E-state index contributed by atoms with van der Waals surface area (Å²) in [5, 5.41) is 2.74. The number of carbonyl (C=O) groups excluding carboxylic acids is 3. The summed E-state index contributed by atoms with van der Waals surface area (Å²) in [6.07, 6.45) is 1.47. The summed E-state index contributed by atoms with van der Waals surface area (Å²) in [4.78, 5) is 36.8. The van der Waals surface area contributed by atoms with Crippen molar-refractivity contribution >= 4 is 28.9 Å². The number of nitrogens with zero attached hydrogens (tertiary/aromatic N) is 1. The second-order valence-electron chi connectivity index (χ2n) is 4.97. The zero-order valence-corrected chi connectivity index (χ0v) is 13.0. The molecule has 0 radical (unpaired) electrons. The standard InChI is InChI=1S/C13H22N2O4S/c1-4-6-13(2,11(17)19-3)14-10(16)5-7-15-8-9-20-12(15)18/h4-9H2,1-3H3,(H,14,16). The Hall–Kier alpha value is -1.24. The number of amides is 2. The third-order valence-electron chi connectivity index (χ3n) is 3.25. The van der Waals surface area contributed by atoms with Gasteiger partial charge in [-0.1, -0.05) is 25.1 Å². The fourth-order valence-electron chi connectivity index (χ4n) is 2.18. The third kappa shape index (κ3) is 4.40. The van der Waals surface area contributed by atoms with Gasteiger partial charge in [-0.3, -0.25) is 9.59 Å². The summed E-state index contributed by atoms with van der Waals surface area (Å²) < 4.78 is 4.74. The number of hydrogen-bond donors (Lipinski definition) is 1. The molecule has 0 saturated carbocycles. The van der Waals surface area contributed by atoms with Crippen molar-refractivity contribution in [2.75, 3.05) is 26.0 Å². The van der Waals surface area contributed by atoms with Gasteiger partial charge in [-0.05, 0) is 13.3 Å². The lowest BCUT2D eigenvalue weighted by atomic mass is 9.96. The monoisotopic (exact) mass is 302 g/mol. The molecule has 1 N–H and O–H groups in total. The highest BCUT2D eigenvalue weighted by Crippen LogP contribution is 2.18. The molecule has 1 aliphatic heterocycles. The Morgan fingerprint density at radius 3 is 2.70 bits per heavy atom. The molecule has 1 fully saturated rings. The van der Waals surface area contributed by atoms with E-state index in [0.717, 1.165) is 12.2 Å². The average molecular weight is 302 g/mol. The molecule has 6 nitrogen and oxygen atoms in total. The quantitative estimate of drug-likeness (QED) is 0.719. The SMILES string of the molecule is CCCC(C)(NC(=O)CCN1CCSC1=O)C(=O)OC. The van der Waals surface area contributed by atoms with Crippen molar-refractivity contribution in [2.24, 2.45) is 0 Å². The summed E-state index contributed by atoms with van der Waals surface area (Å²) in [7, 11) is 1.31. The van der Waals surface area contributed by atoms with Crippen LogP contribution >= 0.6 is 11.8 Å². The maximum absolute atomic E-state index is 12.0. The molecule has 2 amide bonds.